The van der Waals surface area contributed by atoms with Crippen molar-refractivity contribution in [2.75, 3.05) is 6.61 Å². The fraction of sp³-hybridized carbons (Fsp3) is 0.333. The van der Waals surface area contributed by atoms with E-state index in [1.165, 1.54) is 17.8 Å². The van der Waals surface area contributed by atoms with Crippen LogP contribution in [0.3, 0.4) is 0 Å². The molecule has 0 spiro atoms. The number of carbonyl (C=O) groups is 1. The topological polar surface area (TPSA) is 136 Å². The maximum atomic E-state index is 12.7. The molecule has 0 unspecified atom stereocenters. The van der Waals surface area contributed by atoms with E-state index in [1.807, 2.05) is 20.8 Å². The van der Waals surface area contributed by atoms with Crippen LogP contribution in [0, 0.1) is 13.8 Å². The van der Waals surface area contributed by atoms with Crippen LogP contribution in [0.4, 0.5) is 0 Å². The summed E-state index contributed by atoms with van der Waals surface area (Å²) in [5.41, 5.74) is 3.66. The van der Waals surface area contributed by atoms with Crippen molar-refractivity contribution in [2.24, 2.45) is 5.10 Å². The first-order chi connectivity index (χ1) is 15.3. The monoisotopic (exact) mass is 439 g/mol. The van der Waals surface area contributed by atoms with E-state index in [-0.39, 0.29) is 23.4 Å². The number of H-pyrrole nitrogens is 1. The normalized spacial score (nSPS) is 11.2. The molecule has 168 valence electrons. The number of amides is 1. The van der Waals surface area contributed by atoms with Crippen LogP contribution in [0.5, 0.6) is 11.5 Å². The molecule has 0 aliphatic carbocycles. The zero-order valence-corrected chi connectivity index (χ0v) is 18.5. The fourth-order valence-electron chi connectivity index (χ4n) is 2.75. The minimum absolute atomic E-state index is 0.00878. The van der Waals surface area contributed by atoms with Crippen LogP contribution in [0.1, 0.15) is 48.2 Å². The number of nitrogens with one attached hydrogen (secondary N) is 2. The van der Waals surface area contributed by atoms with Crippen molar-refractivity contribution in [2.45, 2.75) is 40.7 Å². The van der Waals surface area contributed by atoms with E-state index in [1.54, 1.807) is 31.2 Å². The van der Waals surface area contributed by atoms with Gasteiger partial charge in [-0.2, -0.15) is 14.9 Å². The second-order valence-electron chi connectivity index (χ2n) is 7.15. The molecule has 0 bridgehead atoms. The largest absolute Gasteiger partial charge is 0.490 e. The summed E-state index contributed by atoms with van der Waals surface area (Å²) in [6, 6.07) is 6.92. The van der Waals surface area contributed by atoms with E-state index in [2.05, 4.69) is 30.8 Å². The number of aromatic amines is 1. The standard InChI is InChI=1S/C21H25N7O4/c1-6-31-18-10-15(7-8-17(18)32-12(2)3)11-22-25-20(30)16-9-13(4)27-28(16)21-23-19(29)14(5)24-26-21/h7-12H,6H2,1-5H3,(H,25,30)(H,23,26,29)/b22-11-. The molecular formula is C21H25N7O4. The van der Waals surface area contributed by atoms with E-state index in [4.69, 9.17) is 9.47 Å². The van der Waals surface area contributed by atoms with Crippen LogP contribution in [0.2, 0.25) is 0 Å². The molecule has 0 saturated heterocycles. The van der Waals surface area contributed by atoms with Gasteiger partial charge in [0.05, 0.1) is 24.6 Å². The summed E-state index contributed by atoms with van der Waals surface area (Å²) in [4.78, 5) is 27.1. The number of ether oxygens (including phenoxy) is 2. The van der Waals surface area contributed by atoms with Crippen LogP contribution >= 0.6 is 0 Å². The number of aromatic nitrogens is 5. The Bertz CT molecular complexity index is 1200. The molecule has 0 atom stereocenters. The number of rotatable bonds is 8. The van der Waals surface area contributed by atoms with E-state index >= 15 is 0 Å². The third-order valence-electron chi connectivity index (χ3n) is 4.12. The van der Waals surface area contributed by atoms with Gasteiger partial charge < -0.3 is 9.47 Å². The number of hydrogen-bond donors (Lipinski definition) is 2. The number of hydrogen-bond acceptors (Lipinski definition) is 8. The summed E-state index contributed by atoms with van der Waals surface area (Å²) in [7, 11) is 0. The zero-order chi connectivity index (χ0) is 23.3. The molecule has 0 fully saturated rings. The van der Waals surface area contributed by atoms with Crippen molar-refractivity contribution in [3.63, 3.8) is 0 Å². The third kappa shape index (κ3) is 5.36. The third-order valence-corrected chi connectivity index (χ3v) is 4.12. The van der Waals surface area contributed by atoms with Crippen LogP contribution < -0.4 is 20.5 Å². The molecule has 32 heavy (non-hydrogen) atoms. The van der Waals surface area contributed by atoms with Crippen molar-refractivity contribution < 1.29 is 14.3 Å². The van der Waals surface area contributed by atoms with Crippen LogP contribution in [-0.2, 0) is 0 Å². The van der Waals surface area contributed by atoms with Gasteiger partial charge in [0.25, 0.3) is 17.4 Å². The zero-order valence-electron chi connectivity index (χ0n) is 18.5. The Morgan fingerprint density at radius 2 is 2.03 bits per heavy atom. The van der Waals surface area contributed by atoms with Crippen molar-refractivity contribution in [3.8, 4) is 17.4 Å². The second-order valence-corrected chi connectivity index (χ2v) is 7.15. The first kappa shape index (κ1) is 22.7. The van der Waals surface area contributed by atoms with Crippen LogP contribution in [0.15, 0.2) is 34.2 Å². The predicted molar refractivity (Wildman–Crippen MR) is 118 cm³/mol. The number of nitrogens with zero attached hydrogens (tertiary/aromatic N) is 5. The minimum Gasteiger partial charge on any atom is -0.490 e. The lowest BCUT2D eigenvalue weighted by Crippen LogP contribution is -2.24. The Kier molecular flexibility index (Phi) is 6.98. The Morgan fingerprint density at radius 3 is 2.72 bits per heavy atom. The summed E-state index contributed by atoms with van der Waals surface area (Å²) < 4.78 is 12.6. The fourth-order valence-corrected chi connectivity index (χ4v) is 2.75. The quantitative estimate of drug-likeness (QED) is 0.404. The number of carbonyl (C=O) groups excluding carboxylic acids is 1. The molecule has 3 rings (SSSR count). The summed E-state index contributed by atoms with van der Waals surface area (Å²) in [5.74, 6) is 0.725. The highest BCUT2D eigenvalue weighted by Gasteiger charge is 2.17. The summed E-state index contributed by atoms with van der Waals surface area (Å²) in [6.07, 6.45) is 1.50. The van der Waals surface area contributed by atoms with Gasteiger partial charge in [0.2, 0.25) is 0 Å². The van der Waals surface area contributed by atoms with Crippen molar-refractivity contribution in [1.82, 2.24) is 30.4 Å². The van der Waals surface area contributed by atoms with Gasteiger partial charge in [0.1, 0.15) is 11.4 Å². The Hall–Kier alpha value is -4.02. The number of benzene rings is 1. The maximum absolute atomic E-state index is 12.7. The Morgan fingerprint density at radius 1 is 1.25 bits per heavy atom. The van der Waals surface area contributed by atoms with Crippen molar-refractivity contribution >= 4 is 12.1 Å². The highest BCUT2D eigenvalue weighted by molar-refractivity contribution is 5.94. The molecular weight excluding hydrogens is 414 g/mol. The van der Waals surface area contributed by atoms with Gasteiger partial charge in [0.15, 0.2) is 11.5 Å². The smallest absolute Gasteiger partial charge is 0.290 e. The molecule has 2 heterocycles. The highest BCUT2D eigenvalue weighted by Crippen LogP contribution is 2.28. The van der Waals surface area contributed by atoms with Gasteiger partial charge in [-0.15, -0.1) is 10.2 Å². The van der Waals surface area contributed by atoms with E-state index < -0.39 is 11.5 Å². The first-order valence-electron chi connectivity index (χ1n) is 10.1. The number of hydrazone groups is 1. The van der Waals surface area contributed by atoms with Gasteiger partial charge in [-0.05, 0) is 64.4 Å². The molecule has 1 amide bonds. The molecule has 0 radical (unpaired) electrons. The van der Waals surface area contributed by atoms with E-state index in [0.29, 0.717) is 29.4 Å². The van der Waals surface area contributed by atoms with Crippen LogP contribution in [-0.4, -0.2) is 49.8 Å². The average molecular weight is 439 g/mol. The maximum Gasteiger partial charge on any atom is 0.290 e. The molecule has 2 aromatic heterocycles. The predicted octanol–water partition coefficient (Wildman–Crippen LogP) is 1.92. The van der Waals surface area contributed by atoms with E-state index in [0.717, 1.165) is 0 Å². The molecule has 0 saturated carbocycles. The summed E-state index contributed by atoms with van der Waals surface area (Å²) >= 11 is 0. The molecule has 2 N–H and O–H groups in total. The van der Waals surface area contributed by atoms with Crippen molar-refractivity contribution in [1.29, 1.82) is 0 Å². The van der Waals surface area contributed by atoms with Gasteiger partial charge in [-0.3, -0.25) is 14.6 Å². The minimum atomic E-state index is -0.533. The molecule has 1 aromatic carbocycles. The molecule has 0 aliphatic rings. The lowest BCUT2D eigenvalue weighted by Gasteiger charge is -2.14. The molecule has 0 aliphatic heterocycles. The lowest BCUT2D eigenvalue weighted by molar-refractivity contribution is 0.0947. The van der Waals surface area contributed by atoms with E-state index in [9.17, 15) is 9.59 Å². The first-order valence-corrected chi connectivity index (χ1v) is 10.1. The SMILES string of the molecule is CCOc1cc(/C=N\NC(=O)c2cc(C)nn2-c2nnc(C)c(=O)[nH]2)ccc1OC(C)C. The lowest BCUT2D eigenvalue weighted by atomic mass is 10.2. The van der Waals surface area contributed by atoms with Gasteiger partial charge >= 0.3 is 0 Å². The van der Waals surface area contributed by atoms with Gasteiger partial charge in [0, 0.05) is 0 Å². The molecule has 11 nitrogen and oxygen atoms in total. The summed E-state index contributed by atoms with van der Waals surface area (Å²) in [5, 5.41) is 15.9. The molecule has 11 heteroatoms. The number of aryl methyl sites for hydroxylation is 2. The summed E-state index contributed by atoms with van der Waals surface area (Å²) in [6.45, 7) is 9.49. The average Bonchev–Trinajstić information content (AvgIpc) is 3.13. The molecule has 3 aromatic rings. The highest BCUT2D eigenvalue weighted by atomic mass is 16.5. The van der Waals surface area contributed by atoms with Gasteiger partial charge in [-0.25, -0.2) is 5.43 Å². The van der Waals surface area contributed by atoms with Gasteiger partial charge in [-0.1, -0.05) is 0 Å². The Labute approximate surface area is 184 Å². The Balaban J connectivity index is 1.78. The van der Waals surface area contributed by atoms with Crippen molar-refractivity contribution in [3.05, 3.63) is 57.3 Å². The van der Waals surface area contributed by atoms with Crippen LogP contribution in [0.25, 0.3) is 5.95 Å². The second kappa shape index (κ2) is 9.86.